The summed E-state index contributed by atoms with van der Waals surface area (Å²) in [5.41, 5.74) is 2.86. The van der Waals surface area contributed by atoms with Gasteiger partial charge in [0.2, 0.25) is 5.95 Å². The summed E-state index contributed by atoms with van der Waals surface area (Å²) < 4.78 is 5.44. The normalized spacial score (nSPS) is 11.0. The summed E-state index contributed by atoms with van der Waals surface area (Å²) in [5, 5.41) is 6.08. The van der Waals surface area contributed by atoms with Crippen LogP contribution in [0, 0.1) is 0 Å². The Morgan fingerprint density at radius 3 is 2.45 bits per heavy atom. The van der Waals surface area contributed by atoms with E-state index < -0.39 is 0 Å². The first-order valence-corrected chi connectivity index (χ1v) is 9.60. The zero-order valence-corrected chi connectivity index (χ0v) is 17.2. The van der Waals surface area contributed by atoms with Gasteiger partial charge in [0.1, 0.15) is 11.4 Å². The van der Waals surface area contributed by atoms with Gasteiger partial charge in [-0.05, 0) is 54.3 Å². The van der Waals surface area contributed by atoms with Crippen molar-refractivity contribution in [2.75, 3.05) is 17.2 Å². The van der Waals surface area contributed by atoms with E-state index in [4.69, 9.17) is 4.74 Å². The van der Waals surface area contributed by atoms with Crippen LogP contribution < -0.4 is 15.4 Å². The number of anilines is 3. The summed E-state index contributed by atoms with van der Waals surface area (Å²) >= 11 is 0. The molecule has 0 fully saturated rings. The molecule has 0 radical (unpaired) electrons. The van der Waals surface area contributed by atoms with Gasteiger partial charge in [-0.15, -0.1) is 0 Å². The number of nitrogens with one attached hydrogen (secondary N) is 2. The van der Waals surface area contributed by atoms with E-state index in [1.54, 1.807) is 12.3 Å². The van der Waals surface area contributed by atoms with E-state index in [1.165, 1.54) is 0 Å². The van der Waals surface area contributed by atoms with Crippen molar-refractivity contribution >= 4 is 23.2 Å². The Kier molecular flexibility index (Phi) is 6.12. The van der Waals surface area contributed by atoms with E-state index >= 15 is 0 Å². The van der Waals surface area contributed by atoms with E-state index in [2.05, 4.69) is 41.4 Å². The predicted octanol–water partition coefficient (Wildman–Crippen LogP) is 5.17. The van der Waals surface area contributed by atoms with Crippen molar-refractivity contribution in [3.05, 3.63) is 72.1 Å². The Hall–Kier alpha value is -3.41. The van der Waals surface area contributed by atoms with Gasteiger partial charge in [-0.2, -0.15) is 0 Å². The maximum absolute atomic E-state index is 12.8. The van der Waals surface area contributed by atoms with Crippen LogP contribution in [0.25, 0.3) is 0 Å². The molecule has 29 heavy (non-hydrogen) atoms. The SMILES string of the molecule is CCOc1ccc(Nc2nccc(C(=O)Nc3ccccc3C(C)(C)C)n2)cc1. The average Bonchev–Trinajstić information content (AvgIpc) is 2.69. The molecule has 6 heteroatoms. The fourth-order valence-electron chi connectivity index (χ4n) is 2.91. The number of hydrogen-bond acceptors (Lipinski definition) is 5. The zero-order chi connectivity index (χ0) is 20.9. The van der Waals surface area contributed by atoms with Gasteiger partial charge in [-0.25, -0.2) is 9.97 Å². The maximum atomic E-state index is 12.8. The minimum absolute atomic E-state index is 0.0874. The first-order valence-electron chi connectivity index (χ1n) is 9.60. The Morgan fingerprint density at radius 1 is 1.03 bits per heavy atom. The minimum atomic E-state index is -0.279. The largest absolute Gasteiger partial charge is 0.494 e. The Bertz CT molecular complexity index is 979. The van der Waals surface area contributed by atoms with Gasteiger partial charge in [0.15, 0.2) is 0 Å². The van der Waals surface area contributed by atoms with Crippen LogP contribution in [0.15, 0.2) is 60.8 Å². The molecule has 3 aromatic rings. The molecule has 0 aliphatic heterocycles. The number of carbonyl (C=O) groups is 1. The second kappa shape index (κ2) is 8.73. The predicted molar refractivity (Wildman–Crippen MR) is 116 cm³/mol. The number of nitrogens with zero attached hydrogens (tertiary/aromatic N) is 2. The van der Waals surface area contributed by atoms with Crippen molar-refractivity contribution in [3.8, 4) is 5.75 Å². The number of para-hydroxylation sites is 1. The van der Waals surface area contributed by atoms with Crippen molar-refractivity contribution in [2.24, 2.45) is 0 Å². The quantitative estimate of drug-likeness (QED) is 0.607. The molecule has 1 amide bonds. The van der Waals surface area contributed by atoms with Crippen LogP contribution in [0.5, 0.6) is 5.75 Å². The Balaban J connectivity index is 1.75. The van der Waals surface area contributed by atoms with Gasteiger partial charge in [-0.3, -0.25) is 4.79 Å². The lowest BCUT2D eigenvalue weighted by molar-refractivity contribution is 0.102. The van der Waals surface area contributed by atoms with Crippen molar-refractivity contribution in [1.29, 1.82) is 0 Å². The zero-order valence-electron chi connectivity index (χ0n) is 17.2. The third kappa shape index (κ3) is 5.31. The van der Waals surface area contributed by atoms with E-state index in [1.807, 2.05) is 55.5 Å². The molecule has 0 spiro atoms. The Labute approximate surface area is 171 Å². The van der Waals surface area contributed by atoms with Crippen LogP contribution >= 0.6 is 0 Å². The minimum Gasteiger partial charge on any atom is -0.494 e. The highest BCUT2D eigenvalue weighted by molar-refractivity contribution is 6.03. The molecule has 0 saturated carbocycles. The van der Waals surface area contributed by atoms with E-state index in [9.17, 15) is 4.79 Å². The molecule has 1 aromatic heterocycles. The van der Waals surface area contributed by atoms with Crippen LogP contribution in [-0.2, 0) is 5.41 Å². The van der Waals surface area contributed by atoms with Crippen molar-refractivity contribution in [2.45, 2.75) is 33.1 Å². The summed E-state index contributed by atoms with van der Waals surface area (Å²) in [6.07, 6.45) is 1.56. The number of carbonyl (C=O) groups excluding carboxylic acids is 1. The maximum Gasteiger partial charge on any atom is 0.274 e. The summed E-state index contributed by atoms with van der Waals surface area (Å²) in [7, 11) is 0. The third-order valence-electron chi connectivity index (χ3n) is 4.29. The van der Waals surface area contributed by atoms with Crippen molar-refractivity contribution in [1.82, 2.24) is 9.97 Å². The molecule has 6 nitrogen and oxygen atoms in total. The molecule has 150 valence electrons. The molecular weight excluding hydrogens is 364 g/mol. The number of amides is 1. The molecule has 0 aliphatic rings. The first-order chi connectivity index (χ1) is 13.9. The van der Waals surface area contributed by atoms with Crippen molar-refractivity contribution < 1.29 is 9.53 Å². The molecule has 1 heterocycles. The van der Waals surface area contributed by atoms with Crippen LogP contribution in [-0.4, -0.2) is 22.5 Å². The lowest BCUT2D eigenvalue weighted by Crippen LogP contribution is -2.19. The summed E-state index contributed by atoms with van der Waals surface area (Å²) in [4.78, 5) is 21.3. The fourth-order valence-corrected chi connectivity index (χ4v) is 2.91. The molecular formula is C23H26N4O2. The Morgan fingerprint density at radius 2 is 1.76 bits per heavy atom. The summed E-state index contributed by atoms with van der Waals surface area (Å²) in [6.45, 7) is 8.90. The monoisotopic (exact) mass is 390 g/mol. The third-order valence-corrected chi connectivity index (χ3v) is 4.29. The lowest BCUT2D eigenvalue weighted by atomic mass is 9.86. The molecule has 0 saturated heterocycles. The second-order valence-electron chi connectivity index (χ2n) is 7.60. The molecule has 0 unspecified atom stereocenters. The highest BCUT2D eigenvalue weighted by Gasteiger charge is 2.19. The number of benzene rings is 2. The van der Waals surface area contributed by atoms with E-state index in [0.717, 1.165) is 22.7 Å². The second-order valence-corrected chi connectivity index (χ2v) is 7.60. The van der Waals surface area contributed by atoms with Crippen LogP contribution in [0.2, 0.25) is 0 Å². The standard InChI is InChI=1S/C23H26N4O2/c1-5-29-17-12-10-16(11-13-17)25-22-24-15-14-20(27-22)21(28)26-19-9-7-6-8-18(19)23(2,3)4/h6-15H,5H2,1-4H3,(H,26,28)(H,24,25,27). The highest BCUT2D eigenvalue weighted by atomic mass is 16.5. The van der Waals surface area contributed by atoms with Gasteiger partial charge >= 0.3 is 0 Å². The number of hydrogen-bond donors (Lipinski definition) is 2. The summed E-state index contributed by atoms with van der Waals surface area (Å²) in [5.74, 6) is 0.870. The highest BCUT2D eigenvalue weighted by Crippen LogP contribution is 2.29. The van der Waals surface area contributed by atoms with Crippen LogP contribution in [0.4, 0.5) is 17.3 Å². The molecule has 0 bridgehead atoms. The fraction of sp³-hybridized carbons (Fsp3) is 0.261. The van der Waals surface area contributed by atoms with Crippen LogP contribution in [0.1, 0.15) is 43.7 Å². The topological polar surface area (TPSA) is 76.1 Å². The van der Waals surface area contributed by atoms with Gasteiger partial charge in [0, 0.05) is 17.6 Å². The van der Waals surface area contributed by atoms with Gasteiger partial charge in [-0.1, -0.05) is 39.0 Å². The van der Waals surface area contributed by atoms with E-state index in [-0.39, 0.29) is 17.0 Å². The average molecular weight is 390 g/mol. The van der Waals surface area contributed by atoms with Crippen molar-refractivity contribution in [3.63, 3.8) is 0 Å². The molecule has 3 rings (SSSR count). The van der Waals surface area contributed by atoms with Crippen LogP contribution in [0.3, 0.4) is 0 Å². The van der Waals surface area contributed by atoms with E-state index in [0.29, 0.717) is 12.6 Å². The molecule has 2 N–H and O–H groups in total. The van der Waals surface area contributed by atoms with Gasteiger partial charge in [0.25, 0.3) is 5.91 Å². The summed E-state index contributed by atoms with van der Waals surface area (Å²) in [6, 6.07) is 16.9. The first kappa shape index (κ1) is 20.3. The number of ether oxygens (including phenoxy) is 1. The molecule has 2 aromatic carbocycles. The lowest BCUT2D eigenvalue weighted by Gasteiger charge is -2.22. The number of rotatable bonds is 6. The molecule has 0 atom stereocenters. The van der Waals surface area contributed by atoms with Gasteiger partial charge < -0.3 is 15.4 Å². The smallest absolute Gasteiger partial charge is 0.274 e. The number of aromatic nitrogens is 2. The van der Waals surface area contributed by atoms with Gasteiger partial charge in [0.05, 0.1) is 6.61 Å². The molecule has 0 aliphatic carbocycles.